The normalized spacial score (nSPS) is 11.2. The van der Waals surface area contributed by atoms with Crippen LogP contribution in [0.4, 0.5) is 0 Å². The maximum Gasteiger partial charge on any atom is 0.259 e. The molecule has 0 aliphatic rings. The lowest BCUT2D eigenvalue weighted by atomic mass is 10.3. The number of fused-ring (bicyclic) bond motifs is 1. The molecule has 3 heterocycles. The third-order valence-electron chi connectivity index (χ3n) is 2.97. The second-order valence-electron chi connectivity index (χ2n) is 4.20. The quantitative estimate of drug-likeness (QED) is 0.720. The van der Waals surface area contributed by atoms with E-state index in [1.165, 1.54) is 4.88 Å². The second-order valence-corrected chi connectivity index (χ2v) is 6.43. The van der Waals surface area contributed by atoms with Crippen molar-refractivity contribution in [2.24, 2.45) is 0 Å². The highest BCUT2D eigenvalue weighted by Crippen LogP contribution is 2.19. The Bertz CT molecular complexity index is 747. The zero-order valence-electron chi connectivity index (χ0n) is 10.1. The molecule has 0 N–H and O–H groups in total. The van der Waals surface area contributed by atoms with Gasteiger partial charge in [-0.15, -0.1) is 22.7 Å². The zero-order valence-corrected chi connectivity index (χ0v) is 11.8. The van der Waals surface area contributed by atoms with Crippen LogP contribution in [0.25, 0.3) is 10.1 Å². The van der Waals surface area contributed by atoms with Gasteiger partial charge in [-0.2, -0.15) is 0 Å². The third kappa shape index (κ3) is 1.89. The molecule has 0 aliphatic heterocycles. The molecule has 0 saturated carbocycles. The number of thiophene rings is 1. The first-order chi connectivity index (χ1) is 8.65. The summed E-state index contributed by atoms with van der Waals surface area (Å²) in [5.41, 5.74) is 1.12. The van der Waals surface area contributed by atoms with E-state index in [9.17, 15) is 4.79 Å². The summed E-state index contributed by atoms with van der Waals surface area (Å²) in [7, 11) is 0. The van der Waals surface area contributed by atoms with Crippen LogP contribution in [-0.4, -0.2) is 9.55 Å². The summed E-state index contributed by atoms with van der Waals surface area (Å²) in [4.78, 5) is 17.9. The van der Waals surface area contributed by atoms with Crippen LogP contribution in [0, 0.1) is 13.8 Å². The Morgan fingerprint density at radius 2 is 2.17 bits per heavy atom. The number of aromatic nitrogens is 2. The minimum absolute atomic E-state index is 0.0688. The molecule has 0 spiro atoms. The maximum atomic E-state index is 12.2. The van der Waals surface area contributed by atoms with Gasteiger partial charge in [0, 0.05) is 15.8 Å². The van der Waals surface area contributed by atoms with E-state index in [0.717, 1.165) is 20.8 Å². The molecule has 3 rings (SSSR count). The van der Waals surface area contributed by atoms with Gasteiger partial charge in [-0.3, -0.25) is 4.79 Å². The van der Waals surface area contributed by atoms with Crippen LogP contribution >= 0.6 is 22.7 Å². The average Bonchev–Trinajstić information content (AvgIpc) is 2.91. The van der Waals surface area contributed by atoms with E-state index in [1.807, 2.05) is 30.6 Å². The van der Waals surface area contributed by atoms with Gasteiger partial charge in [-0.1, -0.05) is 0 Å². The monoisotopic (exact) mass is 276 g/mol. The fourth-order valence-electron chi connectivity index (χ4n) is 1.88. The topological polar surface area (TPSA) is 34.9 Å². The molecule has 3 nitrogen and oxygen atoms in total. The molecule has 3 aromatic rings. The highest BCUT2D eigenvalue weighted by molar-refractivity contribution is 7.17. The van der Waals surface area contributed by atoms with Crippen molar-refractivity contribution in [3.05, 3.63) is 49.6 Å². The number of rotatable bonds is 2. The van der Waals surface area contributed by atoms with Gasteiger partial charge in [0.1, 0.15) is 5.01 Å². The summed E-state index contributed by atoms with van der Waals surface area (Å²) in [6.45, 7) is 4.62. The van der Waals surface area contributed by atoms with E-state index in [-0.39, 0.29) is 5.56 Å². The Morgan fingerprint density at radius 1 is 1.33 bits per heavy atom. The molecule has 0 radical (unpaired) electrons. The summed E-state index contributed by atoms with van der Waals surface area (Å²) >= 11 is 3.25. The van der Waals surface area contributed by atoms with Crippen LogP contribution in [0.3, 0.4) is 0 Å². The van der Waals surface area contributed by atoms with Gasteiger partial charge >= 0.3 is 0 Å². The molecule has 18 heavy (non-hydrogen) atoms. The minimum Gasteiger partial charge on any atom is -0.308 e. The standard InChI is InChI=1S/C13H12N2OS2/c1-8-9(2)18-12(14-8)7-15-5-3-11-10(13(15)16)4-6-17-11/h3-6H,7H2,1-2H3. The van der Waals surface area contributed by atoms with Crippen molar-refractivity contribution >= 4 is 32.8 Å². The van der Waals surface area contributed by atoms with Gasteiger partial charge < -0.3 is 4.57 Å². The molecule has 0 saturated heterocycles. The Kier molecular flexibility index (Phi) is 2.80. The van der Waals surface area contributed by atoms with Crippen LogP contribution < -0.4 is 5.56 Å². The summed E-state index contributed by atoms with van der Waals surface area (Å²) in [5, 5.41) is 3.74. The van der Waals surface area contributed by atoms with E-state index in [2.05, 4.69) is 11.9 Å². The first kappa shape index (κ1) is 11.6. The molecule has 0 bridgehead atoms. The van der Waals surface area contributed by atoms with Crippen molar-refractivity contribution in [1.29, 1.82) is 0 Å². The lowest BCUT2D eigenvalue weighted by Gasteiger charge is -2.02. The number of thiazole rings is 1. The first-order valence-corrected chi connectivity index (χ1v) is 7.34. The molecule has 0 aliphatic carbocycles. The highest BCUT2D eigenvalue weighted by Gasteiger charge is 2.07. The van der Waals surface area contributed by atoms with Crippen LogP contribution in [0.2, 0.25) is 0 Å². The van der Waals surface area contributed by atoms with Gasteiger partial charge in [0.15, 0.2) is 0 Å². The van der Waals surface area contributed by atoms with Gasteiger partial charge in [0.2, 0.25) is 0 Å². The van der Waals surface area contributed by atoms with E-state index in [1.54, 1.807) is 27.2 Å². The van der Waals surface area contributed by atoms with Crippen molar-refractivity contribution in [2.45, 2.75) is 20.4 Å². The van der Waals surface area contributed by atoms with Crippen LogP contribution in [0.15, 0.2) is 28.5 Å². The molecule has 0 aromatic carbocycles. The van der Waals surface area contributed by atoms with Crippen molar-refractivity contribution in [3.63, 3.8) is 0 Å². The molecule has 0 fully saturated rings. The summed E-state index contributed by atoms with van der Waals surface area (Å²) in [6, 6.07) is 3.88. The van der Waals surface area contributed by atoms with Crippen molar-refractivity contribution in [2.75, 3.05) is 0 Å². The highest BCUT2D eigenvalue weighted by atomic mass is 32.1. The van der Waals surface area contributed by atoms with Gasteiger partial charge in [0.25, 0.3) is 5.56 Å². The molecular weight excluding hydrogens is 264 g/mol. The average molecular weight is 276 g/mol. The number of nitrogens with zero attached hydrogens (tertiary/aromatic N) is 2. The molecule has 0 unspecified atom stereocenters. The van der Waals surface area contributed by atoms with Crippen molar-refractivity contribution < 1.29 is 0 Å². The summed E-state index contributed by atoms with van der Waals surface area (Å²) in [5.74, 6) is 0. The molecule has 92 valence electrons. The minimum atomic E-state index is 0.0688. The van der Waals surface area contributed by atoms with Gasteiger partial charge in [-0.05, 0) is 31.4 Å². The number of pyridine rings is 1. The smallest absolute Gasteiger partial charge is 0.259 e. The van der Waals surface area contributed by atoms with E-state index >= 15 is 0 Å². The summed E-state index contributed by atoms with van der Waals surface area (Å²) in [6.07, 6.45) is 1.85. The predicted molar refractivity (Wildman–Crippen MR) is 76.8 cm³/mol. The second kappa shape index (κ2) is 4.33. The lowest BCUT2D eigenvalue weighted by Crippen LogP contribution is -2.19. The van der Waals surface area contributed by atoms with Gasteiger partial charge in [-0.25, -0.2) is 4.98 Å². The van der Waals surface area contributed by atoms with E-state index < -0.39 is 0 Å². The molecule has 5 heteroatoms. The van der Waals surface area contributed by atoms with Crippen molar-refractivity contribution in [1.82, 2.24) is 9.55 Å². The summed E-state index contributed by atoms with van der Waals surface area (Å²) < 4.78 is 2.77. The number of hydrogen-bond acceptors (Lipinski definition) is 4. The first-order valence-electron chi connectivity index (χ1n) is 5.65. The Labute approximate surface area is 112 Å². The Morgan fingerprint density at radius 3 is 2.89 bits per heavy atom. The number of aryl methyl sites for hydroxylation is 2. The van der Waals surface area contributed by atoms with Crippen LogP contribution in [0.5, 0.6) is 0 Å². The van der Waals surface area contributed by atoms with Crippen LogP contribution in [-0.2, 0) is 6.54 Å². The molecule has 0 amide bonds. The van der Waals surface area contributed by atoms with Crippen molar-refractivity contribution in [3.8, 4) is 0 Å². The number of hydrogen-bond donors (Lipinski definition) is 0. The Hall–Kier alpha value is -1.46. The van der Waals surface area contributed by atoms with Crippen LogP contribution in [0.1, 0.15) is 15.6 Å². The maximum absolute atomic E-state index is 12.2. The largest absolute Gasteiger partial charge is 0.308 e. The third-order valence-corrected chi connectivity index (χ3v) is 4.91. The SMILES string of the molecule is Cc1nc(Cn2ccc3sccc3c2=O)sc1C. The fraction of sp³-hybridized carbons (Fsp3) is 0.231. The molecule has 0 atom stereocenters. The predicted octanol–water partition coefficient (Wildman–Crippen LogP) is 3.18. The Balaban J connectivity index is 2.04. The fourth-order valence-corrected chi connectivity index (χ4v) is 3.59. The van der Waals surface area contributed by atoms with Gasteiger partial charge in [0.05, 0.1) is 17.6 Å². The molecule has 3 aromatic heterocycles. The molecular formula is C13H12N2OS2. The van der Waals surface area contributed by atoms with E-state index in [0.29, 0.717) is 6.54 Å². The lowest BCUT2D eigenvalue weighted by molar-refractivity contribution is 0.760. The van der Waals surface area contributed by atoms with E-state index in [4.69, 9.17) is 0 Å². The zero-order chi connectivity index (χ0) is 12.7.